The van der Waals surface area contributed by atoms with Crippen LogP contribution in [0.4, 0.5) is 0 Å². The summed E-state index contributed by atoms with van der Waals surface area (Å²) in [6.45, 7) is 7.80. The predicted molar refractivity (Wildman–Crippen MR) is 122 cm³/mol. The molecule has 4 aromatic rings. The molecule has 0 N–H and O–H groups in total. The maximum absolute atomic E-state index is 13.3. The summed E-state index contributed by atoms with van der Waals surface area (Å²) in [6, 6.07) is 7.83. The molecule has 0 unspecified atom stereocenters. The number of benzene rings is 1. The lowest BCUT2D eigenvalue weighted by Crippen LogP contribution is -2.43. The number of likely N-dealkylation sites (N-methyl/N-ethyl adjacent to an activating group) is 1. The lowest BCUT2D eigenvalue weighted by molar-refractivity contribution is 0.149. The van der Waals surface area contributed by atoms with Crippen LogP contribution in [0, 0.1) is 6.92 Å². The number of aromatic nitrogens is 4. The average molecular weight is 439 g/mol. The van der Waals surface area contributed by atoms with Crippen molar-refractivity contribution in [1.82, 2.24) is 29.0 Å². The molecule has 0 spiro atoms. The molecule has 8 nitrogen and oxygen atoms in total. The van der Waals surface area contributed by atoms with Gasteiger partial charge in [-0.2, -0.15) is 9.61 Å². The summed E-state index contributed by atoms with van der Waals surface area (Å²) in [5.74, 6) is 0.800. The summed E-state index contributed by atoms with van der Waals surface area (Å²) in [4.78, 5) is 24.8. The summed E-state index contributed by atoms with van der Waals surface area (Å²) in [5.41, 5.74) is 2.71. The topological polar surface area (TPSA) is 67.9 Å². The van der Waals surface area contributed by atoms with E-state index >= 15 is 0 Å². The van der Waals surface area contributed by atoms with Gasteiger partial charge in [0.05, 0.1) is 19.0 Å². The maximum atomic E-state index is 13.3. The molecule has 0 saturated carbocycles. The molecule has 1 aromatic carbocycles. The summed E-state index contributed by atoms with van der Waals surface area (Å²) in [5, 5.41) is 5.24. The van der Waals surface area contributed by atoms with E-state index in [0.717, 1.165) is 54.3 Å². The van der Waals surface area contributed by atoms with Crippen molar-refractivity contribution >= 4 is 27.2 Å². The molecule has 0 bridgehead atoms. The van der Waals surface area contributed by atoms with Crippen molar-refractivity contribution in [3.63, 3.8) is 0 Å². The minimum atomic E-state index is -0.164. The quantitative estimate of drug-likeness (QED) is 0.476. The molecular weight excluding hydrogens is 412 g/mol. The standard InChI is InChI=1S/C22H26N6O2S/c1-15-18(13-26-10-8-25(2)9-11-26)31-21-19(15)20-23-14-24-28(20)22(29)27(21)12-16-4-6-17(30-3)7-5-16/h4-7,14H,8-13H2,1-3H3. The minimum Gasteiger partial charge on any atom is -0.497 e. The molecule has 1 aliphatic rings. The van der Waals surface area contributed by atoms with E-state index in [0.29, 0.717) is 12.2 Å². The molecule has 5 rings (SSSR count). The Bertz CT molecular complexity index is 1280. The van der Waals surface area contributed by atoms with Gasteiger partial charge in [-0.05, 0) is 37.2 Å². The normalized spacial score (nSPS) is 15.8. The van der Waals surface area contributed by atoms with Crippen molar-refractivity contribution in [2.24, 2.45) is 0 Å². The molecule has 162 valence electrons. The summed E-state index contributed by atoms with van der Waals surface area (Å²) in [6.07, 6.45) is 1.46. The molecule has 31 heavy (non-hydrogen) atoms. The summed E-state index contributed by atoms with van der Waals surface area (Å²) in [7, 11) is 3.82. The molecule has 0 amide bonds. The summed E-state index contributed by atoms with van der Waals surface area (Å²) < 4.78 is 8.51. The van der Waals surface area contributed by atoms with Gasteiger partial charge in [-0.1, -0.05) is 12.1 Å². The lowest BCUT2D eigenvalue weighted by Gasteiger charge is -2.32. The van der Waals surface area contributed by atoms with Gasteiger partial charge in [-0.3, -0.25) is 9.47 Å². The van der Waals surface area contributed by atoms with Gasteiger partial charge in [-0.15, -0.1) is 11.3 Å². The van der Waals surface area contributed by atoms with Crippen molar-refractivity contribution in [1.29, 1.82) is 0 Å². The first-order valence-corrected chi connectivity index (χ1v) is 11.2. The Balaban J connectivity index is 1.60. The van der Waals surface area contributed by atoms with Gasteiger partial charge >= 0.3 is 5.69 Å². The van der Waals surface area contributed by atoms with Crippen LogP contribution in [0.1, 0.15) is 16.0 Å². The van der Waals surface area contributed by atoms with Crippen LogP contribution in [0.15, 0.2) is 35.4 Å². The number of hydrogen-bond acceptors (Lipinski definition) is 7. The molecule has 0 radical (unpaired) electrons. The van der Waals surface area contributed by atoms with Crippen LogP contribution in [0.25, 0.3) is 15.9 Å². The third-order valence-electron chi connectivity index (χ3n) is 6.12. The van der Waals surface area contributed by atoms with E-state index in [2.05, 4.69) is 33.9 Å². The average Bonchev–Trinajstić information content (AvgIpc) is 3.38. The first kappa shape index (κ1) is 20.2. The zero-order chi connectivity index (χ0) is 21.5. The van der Waals surface area contributed by atoms with Crippen LogP contribution in [0.5, 0.6) is 5.75 Å². The Labute approximate surface area is 184 Å². The monoisotopic (exact) mass is 438 g/mol. The molecule has 1 fully saturated rings. The largest absolute Gasteiger partial charge is 0.497 e. The predicted octanol–water partition coefficient (Wildman–Crippen LogP) is 2.22. The third kappa shape index (κ3) is 3.62. The number of piperazine rings is 1. The van der Waals surface area contributed by atoms with E-state index in [4.69, 9.17) is 4.74 Å². The number of fused-ring (bicyclic) bond motifs is 3. The number of thiophene rings is 1. The Hall–Kier alpha value is -2.75. The number of methoxy groups -OCH3 is 1. The molecule has 9 heteroatoms. The molecule has 4 heterocycles. The highest BCUT2D eigenvalue weighted by Gasteiger charge is 2.22. The second kappa shape index (κ2) is 8.07. The zero-order valence-electron chi connectivity index (χ0n) is 18.0. The SMILES string of the molecule is COc1ccc(Cn2c(=O)n3ncnc3c3c(C)c(CN4CCN(C)CC4)sc32)cc1. The van der Waals surface area contributed by atoms with Gasteiger partial charge in [0.25, 0.3) is 0 Å². The van der Waals surface area contributed by atoms with Crippen LogP contribution < -0.4 is 10.4 Å². The van der Waals surface area contributed by atoms with E-state index in [1.807, 2.05) is 28.8 Å². The van der Waals surface area contributed by atoms with E-state index < -0.39 is 0 Å². The molecule has 0 aliphatic carbocycles. The van der Waals surface area contributed by atoms with Crippen LogP contribution >= 0.6 is 11.3 Å². The van der Waals surface area contributed by atoms with Crippen molar-refractivity contribution in [2.75, 3.05) is 40.3 Å². The van der Waals surface area contributed by atoms with Crippen molar-refractivity contribution < 1.29 is 4.74 Å². The Morgan fingerprint density at radius 3 is 2.55 bits per heavy atom. The first-order valence-electron chi connectivity index (χ1n) is 10.4. The highest BCUT2D eigenvalue weighted by atomic mass is 32.1. The molecule has 3 aromatic heterocycles. The van der Waals surface area contributed by atoms with Gasteiger partial charge in [0, 0.05) is 37.6 Å². The first-order chi connectivity index (χ1) is 15.0. The fourth-order valence-corrected chi connectivity index (χ4v) is 5.50. The number of rotatable bonds is 5. The van der Waals surface area contributed by atoms with E-state index in [1.54, 1.807) is 18.4 Å². The highest BCUT2D eigenvalue weighted by molar-refractivity contribution is 7.19. The second-order valence-electron chi connectivity index (χ2n) is 8.12. The Morgan fingerprint density at radius 1 is 1.10 bits per heavy atom. The van der Waals surface area contributed by atoms with Crippen LogP contribution in [0.2, 0.25) is 0 Å². The third-order valence-corrected chi connectivity index (χ3v) is 7.42. The molecule has 1 aliphatic heterocycles. The smallest absolute Gasteiger partial charge is 0.352 e. The van der Waals surface area contributed by atoms with Crippen LogP contribution in [0.3, 0.4) is 0 Å². The van der Waals surface area contributed by atoms with Crippen LogP contribution in [-0.4, -0.2) is 69.3 Å². The van der Waals surface area contributed by atoms with Gasteiger partial charge in [0.2, 0.25) is 0 Å². The van der Waals surface area contributed by atoms with Crippen molar-refractivity contribution in [3.05, 3.63) is 57.1 Å². The minimum absolute atomic E-state index is 0.164. The second-order valence-corrected chi connectivity index (χ2v) is 9.21. The number of hydrogen-bond donors (Lipinski definition) is 0. The lowest BCUT2D eigenvalue weighted by atomic mass is 10.2. The molecule has 0 atom stereocenters. The van der Waals surface area contributed by atoms with Crippen LogP contribution in [-0.2, 0) is 13.1 Å². The zero-order valence-corrected chi connectivity index (χ0v) is 18.9. The van der Waals surface area contributed by atoms with E-state index in [1.165, 1.54) is 21.3 Å². The Morgan fingerprint density at radius 2 is 1.84 bits per heavy atom. The Kier molecular flexibility index (Phi) is 5.25. The highest BCUT2D eigenvalue weighted by Crippen LogP contribution is 2.33. The molecular formula is C22H26N6O2S. The van der Waals surface area contributed by atoms with Gasteiger partial charge in [0.15, 0.2) is 5.65 Å². The van der Waals surface area contributed by atoms with Gasteiger partial charge < -0.3 is 9.64 Å². The van der Waals surface area contributed by atoms with Crippen molar-refractivity contribution in [2.45, 2.75) is 20.0 Å². The fourth-order valence-electron chi connectivity index (χ4n) is 4.16. The number of aryl methyl sites for hydroxylation is 1. The van der Waals surface area contributed by atoms with E-state index in [9.17, 15) is 4.79 Å². The fraction of sp³-hybridized carbons (Fsp3) is 0.409. The van der Waals surface area contributed by atoms with Gasteiger partial charge in [-0.25, -0.2) is 9.78 Å². The van der Waals surface area contributed by atoms with Gasteiger partial charge in [0.1, 0.15) is 16.9 Å². The number of nitrogens with zero attached hydrogens (tertiary/aromatic N) is 6. The summed E-state index contributed by atoms with van der Waals surface area (Å²) >= 11 is 1.71. The maximum Gasteiger partial charge on any atom is 0.352 e. The number of ether oxygens (including phenoxy) is 1. The molecule has 1 saturated heterocycles. The van der Waals surface area contributed by atoms with Crippen molar-refractivity contribution in [3.8, 4) is 5.75 Å². The van der Waals surface area contributed by atoms with E-state index in [-0.39, 0.29) is 5.69 Å².